The van der Waals surface area contributed by atoms with Gasteiger partial charge in [-0.2, -0.15) is 0 Å². The first-order valence-corrected chi connectivity index (χ1v) is 11.1. The molecule has 0 saturated carbocycles. The number of hydrogen-bond donors (Lipinski definition) is 1. The summed E-state index contributed by atoms with van der Waals surface area (Å²) >= 11 is 0. The minimum atomic E-state index is -0.725. The quantitative estimate of drug-likeness (QED) is 0.189. The zero-order chi connectivity index (χ0) is 21.2. The van der Waals surface area contributed by atoms with E-state index < -0.39 is 17.7 Å². The maximum absolute atomic E-state index is 11.8. The Morgan fingerprint density at radius 2 is 1.10 bits per heavy atom. The van der Waals surface area contributed by atoms with Gasteiger partial charge >= 0.3 is 11.9 Å². The monoisotopic (exact) mass is 404 g/mol. The second kappa shape index (κ2) is 16.8. The standard InChI is InChI=1S/C24H36O5/c25-22(24(28)29-20-21-16-12-11-13-17-21)18-14-9-7-5-3-1-2-4-6-8-10-15-19-23(26)27/h11-13,16-17H,1-10,14-15,18-20H2,(H,26,27). The van der Waals surface area contributed by atoms with E-state index in [2.05, 4.69) is 0 Å². The molecule has 0 aliphatic heterocycles. The van der Waals surface area contributed by atoms with Gasteiger partial charge in [0.25, 0.3) is 0 Å². The largest absolute Gasteiger partial charge is 0.481 e. The maximum atomic E-state index is 11.8. The molecule has 0 fully saturated rings. The van der Waals surface area contributed by atoms with Crippen LogP contribution in [-0.4, -0.2) is 22.8 Å². The Balaban J connectivity index is 1.86. The number of carbonyl (C=O) groups excluding carboxylic acids is 2. The number of unbranched alkanes of at least 4 members (excludes halogenated alkanes) is 11. The highest BCUT2D eigenvalue weighted by Crippen LogP contribution is 2.13. The molecule has 1 aromatic rings. The number of rotatable bonds is 18. The second-order valence-corrected chi connectivity index (χ2v) is 7.62. The summed E-state index contributed by atoms with van der Waals surface area (Å²) in [4.78, 5) is 33.9. The maximum Gasteiger partial charge on any atom is 0.374 e. The van der Waals surface area contributed by atoms with Gasteiger partial charge in [-0.25, -0.2) is 4.79 Å². The van der Waals surface area contributed by atoms with E-state index in [1.54, 1.807) is 0 Å². The fourth-order valence-corrected chi connectivity index (χ4v) is 3.24. The lowest BCUT2D eigenvalue weighted by Crippen LogP contribution is -2.17. The predicted molar refractivity (Wildman–Crippen MR) is 114 cm³/mol. The van der Waals surface area contributed by atoms with Crippen LogP contribution in [0.1, 0.15) is 95.5 Å². The van der Waals surface area contributed by atoms with Crippen molar-refractivity contribution in [3.05, 3.63) is 35.9 Å². The Hall–Kier alpha value is -2.17. The second-order valence-electron chi connectivity index (χ2n) is 7.62. The molecule has 0 heterocycles. The Morgan fingerprint density at radius 3 is 1.59 bits per heavy atom. The number of carboxylic acid groups (broad SMARTS) is 1. The molecule has 1 aromatic carbocycles. The first-order chi connectivity index (χ1) is 14.1. The van der Waals surface area contributed by atoms with Gasteiger partial charge < -0.3 is 9.84 Å². The molecule has 0 amide bonds. The summed E-state index contributed by atoms with van der Waals surface area (Å²) in [6.45, 7) is 0.147. The highest BCUT2D eigenvalue weighted by molar-refractivity contribution is 6.33. The molecule has 0 aliphatic rings. The van der Waals surface area contributed by atoms with Crippen LogP contribution in [0.3, 0.4) is 0 Å². The van der Waals surface area contributed by atoms with Gasteiger partial charge in [0, 0.05) is 12.8 Å². The summed E-state index contributed by atoms with van der Waals surface area (Å²) in [5.74, 6) is -1.85. The molecule has 0 saturated heterocycles. The summed E-state index contributed by atoms with van der Waals surface area (Å²) in [7, 11) is 0. The van der Waals surface area contributed by atoms with Crippen molar-refractivity contribution in [1.82, 2.24) is 0 Å². The van der Waals surface area contributed by atoms with Crippen molar-refractivity contribution in [3.63, 3.8) is 0 Å². The molecule has 0 unspecified atom stereocenters. The molecule has 0 aromatic heterocycles. The average molecular weight is 405 g/mol. The molecule has 162 valence electrons. The third-order valence-corrected chi connectivity index (χ3v) is 4.98. The van der Waals surface area contributed by atoms with Gasteiger partial charge in [0.05, 0.1) is 0 Å². The summed E-state index contributed by atoms with van der Waals surface area (Å²) in [5.41, 5.74) is 0.881. The van der Waals surface area contributed by atoms with Gasteiger partial charge in [-0.15, -0.1) is 0 Å². The number of Topliss-reactive ketones (excluding diaryl/α,β-unsaturated/α-hetero) is 1. The minimum Gasteiger partial charge on any atom is -0.481 e. The van der Waals surface area contributed by atoms with Crippen molar-refractivity contribution in [2.45, 2.75) is 96.5 Å². The van der Waals surface area contributed by atoms with Crippen molar-refractivity contribution in [1.29, 1.82) is 0 Å². The van der Waals surface area contributed by atoms with E-state index >= 15 is 0 Å². The van der Waals surface area contributed by atoms with Crippen LogP contribution < -0.4 is 0 Å². The number of benzene rings is 1. The average Bonchev–Trinajstić information content (AvgIpc) is 2.72. The Labute approximate surface area is 174 Å². The van der Waals surface area contributed by atoms with Gasteiger partial charge in [-0.05, 0) is 18.4 Å². The molecule has 1 N–H and O–H groups in total. The topological polar surface area (TPSA) is 80.7 Å². The Morgan fingerprint density at radius 1 is 0.655 bits per heavy atom. The van der Waals surface area contributed by atoms with E-state index in [0.717, 1.165) is 44.1 Å². The number of ether oxygens (including phenoxy) is 1. The zero-order valence-electron chi connectivity index (χ0n) is 17.6. The summed E-state index contributed by atoms with van der Waals surface area (Å²) in [6, 6.07) is 9.36. The lowest BCUT2D eigenvalue weighted by molar-refractivity contribution is -0.154. The van der Waals surface area contributed by atoms with Crippen molar-refractivity contribution in [2.75, 3.05) is 0 Å². The van der Waals surface area contributed by atoms with Crippen LogP contribution in [0.4, 0.5) is 0 Å². The van der Waals surface area contributed by atoms with Gasteiger partial charge in [0.1, 0.15) is 6.61 Å². The molecule has 29 heavy (non-hydrogen) atoms. The van der Waals surface area contributed by atoms with E-state index in [-0.39, 0.29) is 13.0 Å². The summed E-state index contributed by atoms with van der Waals surface area (Å²) in [6.07, 6.45) is 13.6. The number of esters is 1. The van der Waals surface area contributed by atoms with Crippen LogP contribution in [0.15, 0.2) is 30.3 Å². The molecule has 1 rings (SSSR count). The highest BCUT2D eigenvalue weighted by atomic mass is 16.5. The third kappa shape index (κ3) is 14.5. The molecular weight excluding hydrogens is 368 g/mol. The van der Waals surface area contributed by atoms with E-state index in [1.807, 2.05) is 30.3 Å². The molecular formula is C24H36O5. The fourth-order valence-electron chi connectivity index (χ4n) is 3.24. The predicted octanol–water partition coefficient (Wildman–Crippen LogP) is 5.84. The summed E-state index contributed by atoms with van der Waals surface area (Å²) < 4.78 is 5.05. The third-order valence-electron chi connectivity index (χ3n) is 4.98. The molecule has 0 aliphatic carbocycles. The molecule has 5 heteroatoms. The fraction of sp³-hybridized carbons (Fsp3) is 0.625. The van der Waals surface area contributed by atoms with Crippen LogP contribution in [0.25, 0.3) is 0 Å². The zero-order valence-corrected chi connectivity index (χ0v) is 17.6. The van der Waals surface area contributed by atoms with Crippen molar-refractivity contribution >= 4 is 17.7 Å². The van der Waals surface area contributed by atoms with Crippen LogP contribution >= 0.6 is 0 Å². The smallest absolute Gasteiger partial charge is 0.374 e. The Bertz CT molecular complexity index is 582. The van der Waals surface area contributed by atoms with Gasteiger partial charge in [-0.3, -0.25) is 9.59 Å². The van der Waals surface area contributed by atoms with Crippen molar-refractivity contribution < 1.29 is 24.2 Å². The molecule has 0 atom stereocenters. The van der Waals surface area contributed by atoms with E-state index in [0.29, 0.717) is 6.42 Å². The number of carbonyl (C=O) groups is 3. The number of aliphatic carboxylic acids is 1. The lowest BCUT2D eigenvalue weighted by atomic mass is 10.0. The first-order valence-electron chi connectivity index (χ1n) is 11.1. The molecule has 0 radical (unpaired) electrons. The van der Waals surface area contributed by atoms with Gasteiger partial charge in [0.15, 0.2) is 0 Å². The lowest BCUT2D eigenvalue weighted by Gasteiger charge is -2.05. The number of ketones is 1. The van der Waals surface area contributed by atoms with Crippen LogP contribution in [-0.2, 0) is 25.7 Å². The number of carboxylic acids is 1. The normalized spacial score (nSPS) is 10.6. The van der Waals surface area contributed by atoms with Gasteiger partial charge in [0.2, 0.25) is 5.78 Å². The van der Waals surface area contributed by atoms with Crippen molar-refractivity contribution in [2.24, 2.45) is 0 Å². The van der Waals surface area contributed by atoms with E-state index in [1.165, 1.54) is 38.5 Å². The van der Waals surface area contributed by atoms with Crippen LogP contribution in [0.2, 0.25) is 0 Å². The van der Waals surface area contributed by atoms with E-state index in [9.17, 15) is 14.4 Å². The summed E-state index contributed by atoms with van der Waals surface area (Å²) in [5, 5.41) is 8.57. The van der Waals surface area contributed by atoms with Crippen molar-refractivity contribution in [3.8, 4) is 0 Å². The Kier molecular flexibility index (Phi) is 14.4. The van der Waals surface area contributed by atoms with E-state index in [4.69, 9.17) is 9.84 Å². The van der Waals surface area contributed by atoms with Gasteiger partial charge in [-0.1, -0.05) is 94.5 Å². The van der Waals surface area contributed by atoms with Crippen LogP contribution in [0.5, 0.6) is 0 Å². The molecule has 5 nitrogen and oxygen atoms in total. The molecule has 0 bridgehead atoms. The SMILES string of the molecule is O=C(O)CCCCCCCCCCCCCCC(=O)C(=O)OCc1ccccc1. The van der Waals surface area contributed by atoms with Crippen LogP contribution in [0, 0.1) is 0 Å². The highest BCUT2D eigenvalue weighted by Gasteiger charge is 2.14. The number of hydrogen-bond acceptors (Lipinski definition) is 4. The molecule has 0 spiro atoms. The minimum absolute atomic E-state index is 0.147. The first kappa shape index (κ1) is 24.9.